The van der Waals surface area contributed by atoms with Crippen molar-refractivity contribution < 1.29 is 9.53 Å². The number of aromatic nitrogens is 2. The second-order valence-corrected chi connectivity index (χ2v) is 9.39. The minimum Gasteiger partial charge on any atom is -0.369 e. The van der Waals surface area contributed by atoms with Crippen molar-refractivity contribution in [2.24, 2.45) is 17.3 Å². The summed E-state index contributed by atoms with van der Waals surface area (Å²) in [6.07, 6.45) is 8.76. The van der Waals surface area contributed by atoms with Gasteiger partial charge in [-0.25, -0.2) is 9.97 Å². The van der Waals surface area contributed by atoms with Crippen LogP contribution < -0.4 is 10.2 Å². The molecule has 1 aliphatic carbocycles. The third kappa shape index (κ3) is 2.75. The van der Waals surface area contributed by atoms with Crippen molar-refractivity contribution in [3.63, 3.8) is 0 Å². The standard InChI is InChI=1S/C21H30N4O2/c1-14-6-10-22-19(24-14)25-12-16-15(17-5-9-21(16,13-25)27-17)11-23-18(26)20(2)7-3-4-8-20/h6,10,15-17H,3-5,7-9,11-13H2,1-2H3,(H,23,26)/t15-,16+,17+,21+/m0/s1. The van der Waals surface area contributed by atoms with Crippen molar-refractivity contribution in [2.75, 3.05) is 24.5 Å². The molecule has 4 aliphatic rings. The van der Waals surface area contributed by atoms with Crippen LogP contribution in [0.4, 0.5) is 5.95 Å². The fourth-order valence-corrected chi connectivity index (χ4v) is 6.01. The number of hydrogen-bond acceptors (Lipinski definition) is 5. The molecule has 1 aromatic rings. The minimum absolute atomic E-state index is 0.0651. The Balaban J connectivity index is 1.29. The lowest BCUT2D eigenvalue weighted by molar-refractivity contribution is -0.130. The zero-order valence-electron chi connectivity index (χ0n) is 16.4. The lowest BCUT2D eigenvalue weighted by Crippen LogP contribution is -2.45. The van der Waals surface area contributed by atoms with Gasteiger partial charge in [0.15, 0.2) is 0 Å². The summed E-state index contributed by atoms with van der Waals surface area (Å²) in [6.45, 7) is 6.68. The van der Waals surface area contributed by atoms with Crippen LogP contribution in [0.5, 0.6) is 0 Å². The molecule has 4 fully saturated rings. The van der Waals surface area contributed by atoms with Gasteiger partial charge in [-0.15, -0.1) is 0 Å². The number of ether oxygens (including phenoxy) is 1. The molecule has 3 saturated heterocycles. The maximum Gasteiger partial charge on any atom is 0.225 e. The van der Waals surface area contributed by atoms with Crippen LogP contribution in [0.1, 0.15) is 51.1 Å². The highest BCUT2D eigenvalue weighted by atomic mass is 16.5. The first kappa shape index (κ1) is 17.4. The molecule has 6 heteroatoms. The summed E-state index contributed by atoms with van der Waals surface area (Å²) in [5.41, 5.74) is 0.769. The van der Waals surface area contributed by atoms with Crippen LogP contribution in [-0.4, -0.2) is 47.2 Å². The van der Waals surface area contributed by atoms with Gasteiger partial charge in [-0.2, -0.15) is 0 Å². The number of aryl methyl sites for hydroxylation is 1. The minimum atomic E-state index is -0.159. The Morgan fingerprint density at radius 2 is 2.19 bits per heavy atom. The van der Waals surface area contributed by atoms with E-state index in [0.717, 1.165) is 57.0 Å². The monoisotopic (exact) mass is 370 g/mol. The van der Waals surface area contributed by atoms with E-state index >= 15 is 0 Å². The fourth-order valence-electron chi connectivity index (χ4n) is 6.01. The first-order valence-electron chi connectivity index (χ1n) is 10.5. The Morgan fingerprint density at radius 3 is 2.96 bits per heavy atom. The van der Waals surface area contributed by atoms with Crippen molar-refractivity contribution in [1.82, 2.24) is 15.3 Å². The van der Waals surface area contributed by atoms with E-state index in [-0.39, 0.29) is 16.9 Å². The van der Waals surface area contributed by atoms with Gasteiger partial charge in [0.1, 0.15) is 0 Å². The average molecular weight is 370 g/mol. The number of amides is 1. The van der Waals surface area contributed by atoms with E-state index in [1.54, 1.807) is 0 Å². The summed E-state index contributed by atoms with van der Waals surface area (Å²) in [6, 6.07) is 1.93. The van der Waals surface area contributed by atoms with Gasteiger partial charge in [0.05, 0.1) is 18.2 Å². The molecule has 146 valence electrons. The van der Waals surface area contributed by atoms with Gasteiger partial charge in [-0.1, -0.05) is 19.8 Å². The largest absolute Gasteiger partial charge is 0.369 e. The van der Waals surface area contributed by atoms with Crippen molar-refractivity contribution >= 4 is 11.9 Å². The van der Waals surface area contributed by atoms with Crippen molar-refractivity contribution in [3.8, 4) is 0 Å². The van der Waals surface area contributed by atoms with Crippen LogP contribution in [0, 0.1) is 24.2 Å². The molecule has 2 bridgehead atoms. The molecule has 0 unspecified atom stereocenters. The van der Waals surface area contributed by atoms with Gasteiger partial charge in [-0.05, 0) is 38.7 Å². The molecule has 4 atom stereocenters. The van der Waals surface area contributed by atoms with Crippen LogP contribution in [-0.2, 0) is 9.53 Å². The summed E-state index contributed by atoms with van der Waals surface area (Å²) in [7, 11) is 0. The maximum atomic E-state index is 12.8. The molecule has 3 aliphatic heterocycles. The zero-order valence-corrected chi connectivity index (χ0v) is 16.4. The molecule has 1 spiro atoms. The Hall–Kier alpha value is -1.69. The summed E-state index contributed by atoms with van der Waals surface area (Å²) in [5, 5.41) is 3.30. The average Bonchev–Trinajstić information content (AvgIpc) is 3.40. The second kappa shape index (κ2) is 6.16. The molecule has 1 amide bonds. The van der Waals surface area contributed by atoms with E-state index in [1.807, 2.05) is 19.2 Å². The number of carbonyl (C=O) groups is 1. The molecule has 1 N–H and O–H groups in total. The normalized spacial score (nSPS) is 36.2. The van der Waals surface area contributed by atoms with Gasteiger partial charge in [-0.3, -0.25) is 4.79 Å². The van der Waals surface area contributed by atoms with E-state index in [4.69, 9.17) is 4.74 Å². The molecule has 1 saturated carbocycles. The molecular formula is C21H30N4O2. The first-order chi connectivity index (χ1) is 13.0. The third-order valence-electron chi connectivity index (χ3n) is 7.60. The van der Waals surface area contributed by atoms with Crippen LogP contribution in [0.3, 0.4) is 0 Å². The molecule has 27 heavy (non-hydrogen) atoms. The van der Waals surface area contributed by atoms with Crippen LogP contribution in [0.15, 0.2) is 12.3 Å². The topological polar surface area (TPSA) is 67.4 Å². The first-order valence-corrected chi connectivity index (χ1v) is 10.5. The number of nitrogens with zero attached hydrogens (tertiary/aromatic N) is 3. The number of fused-ring (bicyclic) bond motifs is 1. The number of anilines is 1. The zero-order chi connectivity index (χ0) is 18.6. The summed E-state index contributed by atoms with van der Waals surface area (Å²) in [4.78, 5) is 24.1. The Bertz CT molecular complexity index is 747. The highest BCUT2D eigenvalue weighted by Crippen LogP contribution is 2.55. The van der Waals surface area contributed by atoms with E-state index in [1.165, 1.54) is 12.8 Å². The Labute approximate surface area is 161 Å². The molecule has 6 nitrogen and oxygen atoms in total. The Morgan fingerprint density at radius 1 is 1.37 bits per heavy atom. The highest BCUT2D eigenvalue weighted by molar-refractivity contribution is 5.82. The van der Waals surface area contributed by atoms with Gasteiger partial charge in [0, 0.05) is 42.2 Å². The molecule has 1 aromatic heterocycles. The highest BCUT2D eigenvalue weighted by Gasteiger charge is 2.63. The number of carbonyl (C=O) groups excluding carboxylic acids is 1. The summed E-state index contributed by atoms with van der Waals surface area (Å²) >= 11 is 0. The number of hydrogen-bond donors (Lipinski definition) is 1. The van der Waals surface area contributed by atoms with Crippen molar-refractivity contribution in [1.29, 1.82) is 0 Å². The van der Waals surface area contributed by atoms with E-state index in [2.05, 4.69) is 27.1 Å². The molecule has 0 aromatic carbocycles. The van der Waals surface area contributed by atoms with Crippen LogP contribution in [0.25, 0.3) is 0 Å². The van der Waals surface area contributed by atoms with Gasteiger partial charge < -0.3 is 15.0 Å². The number of rotatable bonds is 4. The summed E-state index contributed by atoms with van der Waals surface area (Å²) < 4.78 is 6.51. The predicted molar refractivity (Wildman–Crippen MR) is 102 cm³/mol. The Kier molecular flexibility index (Phi) is 3.97. The summed E-state index contributed by atoms with van der Waals surface area (Å²) in [5.74, 6) is 1.92. The number of nitrogens with one attached hydrogen (secondary N) is 1. The van der Waals surface area contributed by atoms with E-state index < -0.39 is 0 Å². The smallest absolute Gasteiger partial charge is 0.225 e. The van der Waals surface area contributed by atoms with Crippen LogP contribution >= 0.6 is 0 Å². The van der Waals surface area contributed by atoms with Crippen molar-refractivity contribution in [3.05, 3.63) is 18.0 Å². The van der Waals surface area contributed by atoms with E-state index in [9.17, 15) is 4.79 Å². The SMILES string of the molecule is Cc1ccnc(N2C[C@@H]3[C@H](CNC(=O)C4(C)CCCC4)[C@H]4CC[C@]3(C2)O4)n1. The molecule has 0 radical (unpaired) electrons. The van der Waals surface area contributed by atoms with Crippen LogP contribution in [0.2, 0.25) is 0 Å². The van der Waals surface area contributed by atoms with Gasteiger partial charge >= 0.3 is 0 Å². The predicted octanol–water partition coefficient (Wildman–Crippen LogP) is 2.47. The lowest BCUT2D eigenvalue weighted by Gasteiger charge is -2.30. The molecular weight excluding hydrogens is 340 g/mol. The lowest BCUT2D eigenvalue weighted by atomic mass is 9.73. The van der Waals surface area contributed by atoms with Crippen molar-refractivity contribution in [2.45, 2.75) is 64.1 Å². The molecule has 4 heterocycles. The van der Waals surface area contributed by atoms with Gasteiger partial charge in [0.2, 0.25) is 11.9 Å². The second-order valence-electron chi connectivity index (χ2n) is 9.39. The quantitative estimate of drug-likeness (QED) is 0.882. The maximum absolute atomic E-state index is 12.8. The third-order valence-corrected chi connectivity index (χ3v) is 7.60. The van der Waals surface area contributed by atoms with Gasteiger partial charge in [0.25, 0.3) is 0 Å². The fraction of sp³-hybridized carbons (Fsp3) is 0.762. The molecule has 5 rings (SSSR count). The van der Waals surface area contributed by atoms with E-state index in [0.29, 0.717) is 17.9 Å².